The zero-order valence-corrected chi connectivity index (χ0v) is 13.7. The number of carbonyl (C=O) groups excluding carboxylic acids is 2. The Kier molecular flexibility index (Phi) is 5.11. The predicted molar refractivity (Wildman–Crippen MR) is 90.6 cm³/mol. The third-order valence-corrected chi connectivity index (χ3v) is 4.33. The van der Waals surface area contributed by atoms with Gasteiger partial charge in [-0.3, -0.25) is 4.79 Å². The van der Waals surface area contributed by atoms with Crippen LogP contribution in [0, 0.1) is 0 Å². The van der Waals surface area contributed by atoms with E-state index in [-0.39, 0.29) is 5.91 Å². The number of rotatable bonds is 5. The molecule has 5 heteroatoms. The molecule has 0 unspecified atom stereocenters. The minimum absolute atomic E-state index is 0.247. The largest absolute Gasteiger partial charge is 0.467 e. The molecule has 1 aliphatic rings. The number of amides is 1. The Morgan fingerprint density at radius 1 is 1.25 bits per heavy atom. The number of fused-ring (bicyclic) bond motifs is 1. The summed E-state index contributed by atoms with van der Waals surface area (Å²) in [5.74, 6) is -0.697. The average Bonchev–Trinajstić information content (AvgIpc) is 3.15. The molecule has 2 aromatic rings. The first-order valence-electron chi connectivity index (χ1n) is 8.15. The highest BCUT2D eigenvalue weighted by Crippen LogP contribution is 2.20. The molecular formula is C19H21NO4. The van der Waals surface area contributed by atoms with Gasteiger partial charge in [-0.2, -0.15) is 0 Å². The van der Waals surface area contributed by atoms with Gasteiger partial charge >= 0.3 is 5.97 Å². The van der Waals surface area contributed by atoms with Crippen molar-refractivity contribution >= 4 is 22.6 Å². The van der Waals surface area contributed by atoms with Gasteiger partial charge < -0.3 is 14.8 Å². The van der Waals surface area contributed by atoms with Crippen molar-refractivity contribution < 1.29 is 19.1 Å². The van der Waals surface area contributed by atoms with E-state index in [4.69, 9.17) is 9.47 Å². The number of nitrogens with one attached hydrogen (secondary N) is 1. The highest BCUT2D eigenvalue weighted by Gasteiger charge is 2.29. The van der Waals surface area contributed by atoms with Crippen LogP contribution in [0.1, 0.15) is 18.4 Å². The first-order chi connectivity index (χ1) is 11.7. The van der Waals surface area contributed by atoms with E-state index in [0.717, 1.165) is 22.8 Å². The van der Waals surface area contributed by atoms with Gasteiger partial charge in [0.2, 0.25) is 5.91 Å². The maximum Gasteiger partial charge on any atom is 0.328 e. The van der Waals surface area contributed by atoms with Crippen molar-refractivity contribution in [3.8, 4) is 0 Å². The summed E-state index contributed by atoms with van der Waals surface area (Å²) in [5.41, 5.74) is 0.996. The van der Waals surface area contributed by atoms with Crippen molar-refractivity contribution in [2.45, 2.75) is 31.4 Å². The molecule has 2 aromatic carbocycles. The fourth-order valence-electron chi connectivity index (χ4n) is 3.08. The lowest BCUT2D eigenvalue weighted by Gasteiger charge is -2.19. The molecule has 24 heavy (non-hydrogen) atoms. The van der Waals surface area contributed by atoms with E-state index < -0.39 is 18.1 Å². The number of carbonyl (C=O) groups is 2. The lowest BCUT2D eigenvalue weighted by Crippen LogP contribution is -2.47. The van der Waals surface area contributed by atoms with E-state index in [9.17, 15) is 9.59 Å². The molecule has 1 N–H and O–H groups in total. The Hall–Kier alpha value is -2.40. The molecule has 0 bridgehead atoms. The molecule has 1 fully saturated rings. The van der Waals surface area contributed by atoms with Crippen molar-refractivity contribution in [2.24, 2.45) is 0 Å². The second-order valence-electron chi connectivity index (χ2n) is 5.93. The van der Waals surface area contributed by atoms with Crippen LogP contribution in [-0.4, -0.2) is 37.7 Å². The van der Waals surface area contributed by atoms with Crippen molar-refractivity contribution in [1.82, 2.24) is 5.32 Å². The van der Waals surface area contributed by atoms with Gasteiger partial charge in [-0.1, -0.05) is 42.5 Å². The van der Waals surface area contributed by atoms with E-state index in [2.05, 4.69) is 5.32 Å². The van der Waals surface area contributed by atoms with Gasteiger partial charge in [0.1, 0.15) is 12.1 Å². The normalized spacial score (nSPS) is 18.3. The topological polar surface area (TPSA) is 64.6 Å². The zero-order chi connectivity index (χ0) is 16.9. The lowest BCUT2D eigenvalue weighted by atomic mass is 9.98. The van der Waals surface area contributed by atoms with Crippen LogP contribution in [0.5, 0.6) is 0 Å². The third kappa shape index (κ3) is 3.57. The van der Waals surface area contributed by atoms with Crippen molar-refractivity contribution in [1.29, 1.82) is 0 Å². The maximum absolute atomic E-state index is 12.3. The Morgan fingerprint density at radius 3 is 2.79 bits per heavy atom. The van der Waals surface area contributed by atoms with Crippen LogP contribution in [0.15, 0.2) is 42.5 Å². The average molecular weight is 327 g/mol. The van der Waals surface area contributed by atoms with Gasteiger partial charge in [0.15, 0.2) is 0 Å². The second kappa shape index (κ2) is 7.45. The van der Waals surface area contributed by atoms with Crippen LogP contribution in [0.4, 0.5) is 0 Å². The molecule has 0 aliphatic carbocycles. The van der Waals surface area contributed by atoms with Gasteiger partial charge in [-0.25, -0.2) is 4.79 Å². The lowest BCUT2D eigenvalue weighted by molar-refractivity contribution is -0.146. The van der Waals surface area contributed by atoms with Crippen LogP contribution in [0.3, 0.4) is 0 Å². The number of ether oxygens (including phenoxy) is 2. The molecule has 2 atom stereocenters. The summed E-state index contributed by atoms with van der Waals surface area (Å²) in [6.45, 7) is 0.588. The molecule has 0 spiro atoms. The third-order valence-electron chi connectivity index (χ3n) is 4.33. The summed E-state index contributed by atoms with van der Waals surface area (Å²) in [7, 11) is 1.33. The van der Waals surface area contributed by atoms with Crippen LogP contribution in [0.2, 0.25) is 0 Å². The van der Waals surface area contributed by atoms with Crippen LogP contribution >= 0.6 is 0 Å². The Morgan fingerprint density at radius 2 is 2.04 bits per heavy atom. The minimum atomic E-state index is -0.725. The summed E-state index contributed by atoms with van der Waals surface area (Å²) in [6.07, 6.45) is 1.47. The SMILES string of the molecule is COC(=O)[C@@H](Cc1cccc2ccccc12)NC(=O)[C@H]1CCCO1. The number of esters is 1. The molecule has 0 aromatic heterocycles. The molecular weight excluding hydrogens is 306 g/mol. The fraction of sp³-hybridized carbons (Fsp3) is 0.368. The molecule has 1 amide bonds. The Balaban J connectivity index is 1.81. The molecule has 0 radical (unpaired) electrons. The van der Waals surface area contributed by atoms with Crippen molar-refractivity contribution in [3.05, 3.63) is 48.0 Å². The van der Waals surface area contributed by atoms with E-state index in [1.165, 1.54) is 7.11 Å². The van der Waals surface area contributed by atoms with Crippen LogP contribution < -0.4 is 5.32 Å². The van der Waals surface area contributed by atoms with Gasteiger partial charge in [0.25, 0.3) is 0 Å². The molecule has 1 aliphatic heterocycles. The standard InChI is InChI=1S/C19H21NO4/c1-23-19(22)16(20-18(21)17-10-5-11-24-17)12-14-8-4-7-13-6-2-3-9-15(13)14/h2-4,6-9,16-17H,5,10-12H2,1H3,(H,20,21)/t16-,17-/m1/s1. The molecule has 1 heterocycles. The van der Waals surface area contributed by atoms with Gasteiger partial charge in [-0.15, -0.1) is 0 Å². The van der Waals surface area contributed by atoms with E-state index in [1.54, 1.807) is 0 Å². The fourth-order valence-corrected chi connectivity index (χ4v) is 3.08. The van der Waals surface area contributed by atoms with Crippen LogP contribution in [-0.2, 0) is 25.5 Å². The minimum Gasteiger partial charge on any atom is -0.467 e. The predicted octanol–water partition coefficient (Wildman–Crippen LogP) is 2.22. The number of hydrogen-bond acceptors (Lipinski definition) is 4. The Labute approximate surface area is 140 Å². The highest BCUT2D eigenvalue weighted by atomic mass is 16.5. The summed E-state index contributed by atoms with van der Waals surface area (Å²) < 4.78 is 10.3. The Bertz CT molecular complexity index is 732. The van der Waals surface area contributed by atoms with Crippen LogP contribution in [0.25, 0.3) is 10.8 Å². The van der Waals surface area contributed by atoms with Gasteiger partial charge in [0, 0.05) is 13.0 Å². The first kappa shape index (κ1) is 16.5. The molecule has 0 saturated carbocycles. The molecule has 3 rings (SSSR count). The number of benzene rings is 2. The second-order valence-corrected chi connectivity index (χ2v) is 5.93. The maximum atomic E-state index is 12.3. The highest BCUT2D eigenvalue weighted by molar-refractivity contribution is 5.89. The van der Waals surface area contributed by atoms with E-state index in [0.29, 0.717) is 19.4 Å². The summed E-state index contributed by atoms with van der Waals surface area (Å²) in [4.78, 5) is 24.4. The van der Waals surface area contributed by atoms with Gasteiger partial charge in [0.05, 0.1) is 7.11 Å². The van der Waals surface area contributed by atoms with E-state index >= 15 is 0 Å². The summed E-state index contributed by atoms with van der Waals surface area (Å²) >= 11 is 0. The smallest absolute Gasteiger partial charge is 0.328 e. The summed E-state index contributed by atoms with van der Waals surface area (Å²) in [6, 6.07) is 13.2. The molecule has 1 saturated heterocycles. The van der Waals surface area contributed by atoms with Crippen molar-refractivity contribution in [3.63, 3.8) is 0 Å². The number of methoxy groups -OCH3 is 1. The molecule has 5 nitrogen and oxygen atoms in total. The first-order valence-corrected chi connectivity index (χ1v) is 8.15. The molecule has 126 valence electrons. The van der Waals surface area contributed by atoms with E-state index in [1.807, 2.05) is 42.5 Å². The quantitative estimate of drug-likeness (QED) is 0.855. The van der Waals surface area contributed by atoms with Crippen molar-refractivity contribution in [2.75, 3.05) is 13.7 Å². The number of hydrogen-bond donors (Lipinski definition) is 1. The summed E-state index contributed by atoms with van der Waals surface area (Å²) in [5, 5.41) is 4.96. The van der Waals surface area contributed by atoms with Gasteiger partial charge in [-0.05, 0) is 29.2 Å². The monoisotopic (exact) mass is 327 g/mol. The zero-order valence-electron chi connectivity index (χ0n) is 13.7.